The first-order chi connectivity index (χ1) is 14.7. The number of nitrogens with one attached hydrogen (secondary N) is 1. The summed E-state index contributed by atoms with van der Waals surface area (Å²) >= 11 is 0. The lowest BCUT2D eigenvalue weighted by atomic mass is 10.0. The molecule has 8 heteroatoms. The van der Waals surface area contributed by atoms with Crippen LogP contribution >= 0.6 is 0 Å². The molecule has 8 nitrogen and oxygen atoms in total. The molecule has 1 amide bonds. The summed E-state index contributed by atoms with van der Waals surface area (Å²) in [4.78, 5) is 28.8. The van der Waals surface area contributed by atoms with E-state index in [4.69, 9.17) is 4.52 Å². The van der Waals surface area contributed by atoms with Crippen LogP contribution in [0.25, 0.3) is 0 Å². The van der Waals surface area contributed by atoms with Gasteiger partial charge in [-0.3, -0.25) is 19.4 Å². The molecule has 168 valence electrons. The van der Waals surface area contributed by atoms with E-state index >= 15 is 0 Å². The number of benzene rings is 1. The first kappa shape index (κ1) is 23.0. The Morgan fingerprint density at radius 3 is 2.26 bits per heavy atom. The zero-order valence-corrected chi connectivity index (χ0v) is 18.8. The maximum Gasteiger partial charge on any atom is 0.308 e. The normalized spacial score (nSPS) is 16.3. The minimum atomic E-state index is -0.935. The SMILES string of the molecule is Cc1cccc(C)c1NC(=O)C[C@H](CN1CCN(Cc2c(C)noc2C)CC1)C(=O)O. The van der Waals surface area contributed by atoms with Crippen LogP contribution in [0.15, 0.2) is 22.7 Å². The lowest BCUT2D eigenvalue weighted by Crippen LogP contribution is -2.48. The predicted octanol–water partition coefficient (Wildman–Crippen LogP) is 2.76. The number of rotatable bonds is 8. The van der Waals surface area contributed by atoms with Crippen molar-refractivity contribution < 1.29 is 19.2 Å². The number of anilines is 1. The molecule has 1 aliphatic rings. The van der Waals surface area contributed by atoms with E-state index in [-0.39, 0.29) is 12.3 Å². The highest BCUT2D eigenvalue weighted by Crippen LogP contribution is 2.21. The van der Waals surface area contributed by atoms with Gasteiger partial charge in [-0.25, -0.2) is 0 Å². The van der Waals surface area contributed by atoms with Crippen molar-refractivity contribution in [3.63, 3.8) is 0 Å². The van der Waals surface area contributed by atoms with Gasteiger partial charge in [0.05, 0.1) is 11.6 Å². The Morgan fingerprint density at radius 1 is 1.10 bits per heavy atom. The number of hydrogen-bond acceptors (Lipinski definition) is 6. The number of aliphatic carboxylic acids is 1. The van der Waals surface area contributed by atoms with Gasteiger partial charge in [-0.15, -0.1) is 0 Å². The van der Waals surface area contributed by atoms with Crippen molar-refractivity contribution in [2.45, 2.75) is 40.7 Å². The number of piperazine rings is 1. The average Bonchev–Trinajstić information content (AvgIpc) is 3.03. The fourth-order valence-corrected chi connectivity index (χ4v) is 4.05. The molecule has 3 rings (SSSR count). The molecule has 2 N–H and O–H groups in total. The van der Waals surface area contributed by atoms with Crippen molar-refractivity contribution in [2.24, 2.45) is 5.92 Å². The molecule has 0 unspecified atom stereocenters. The van der Waals surface area contributed by atoms with E-state index in [9.17, 15) is 14.7 Å². The van der Waals surface area contributed by atoms with Crippen molar-refractivity contribution >= 4 is 17.6 Å². The second-order valence-electron chi connectivity index (χ2n) is 8.43. The number of aryl methyl sites for hydroxylation is 4. The van der Waals surface area contributed by atoms with Crippen molar-refractivity contribution in [3.8, 4) is 0 Å². The van der Waals surface area contributed by atoms with Crippen LogP contribution in [0.3, 0.4) is 0 Å². The smallest absolute Gasteiger partial charge is 0.308 e. The molecule has 0 bridgehead atoms. The van der Waals surface area contributed by atoms with Gasteiger partial charge in [-0.05, 0) is 38.8 Å². The van der Waals surface area contributed by atoms with E-state index in [2.05, 4.69) is 20.3 Å². The Hall–Kier alpha value is -2.71. The second-order valence-corrected chi connectivity index (χ2v) is 8.43. The summed E-state index contributed by atoms with van der Waals surface area (Å²) in [6.07, 6.45) is -0.0393. The summed E-state index contributed by atoms with van der Waals surface area (Å²) in [5, 5.41) is 16.6. The number of para-hydroxylation sites is 1. The topological polar surface area (TPSA) is 98.9 Å². The Kier molecular flexibility index (Phi) is 7.46. The van der Waals surface area contributed by atoms with Crippen LogP contribution in [-0.4, -0.2) is 64.7 Å². The number of carbonyl (C=O) groups excluding carboxylic acids is 1. The standard InChI is InChI=1S/C23H32N4O4/c1-15-6-5-7-16(2)22(15)24-21(28)12-19(23(29)30)13-26-8-10-27(11-9-26)14-20-17(3)25-31-18(20)4/h5-7,19H,8-14H2,1-4H3,(H,24,28)(H,29,30)/t19-/m1/s1. The number of carboxylic acid groups (broad SMARTS) is 1. The Balaban J connectivity index is 1.51. The van der Waals surface area contributed by atoms with Gasteiger partial charge in [0.2, 0.25) is 5.91 Å². The van der Waals surface area contributed by atoms with Crippen LogP contribution in [0.2, 0.25) is 0 Å². The number of nitrogens with zero attached hydrogens (tertiary/aromatic N) is 3. The molecule has 1 aromatic heterocycles. The molecule has 0 spiro atoms. The summed E-state index contributed by atoms with van der Waals surface area (Å²) in [6, 6.07) is 5.80. The van der Waals surface area contributed by atoms with Crippen LogP contribution in [0, 0.1) is 33.6 Å². The monoisotopic (exact) mass is 428 g/mol. The third kappa shape index (κ3) is 5.92. The lowest BCUT2D eigenvalue weighted by Gasteiger charge is -2.35. The van der Waals surface area contributed by atoms with Gasteiger partial charge in [0, 0.05) is 56.9 Å². The summed E-state index contributed by atoms with van der Waals surface area (Å²) in [7, 11) is 0. The minimum Gasteiger partial charge on any atom is -0.481 e. The van der Waals surface area contributed by atoms with Crippen molar-refractivity contribution in [2.75, 3.05) is 38.0 Å². The maximum absolute atomic E-state index is 12.6. The van der Waals surface area contributed by atoms with Crippen molar-refractivity contribution in [1.29, 1.82) is 0 Å². The van der Waals surface area contributed by atoms with Crippen LogP contribution in [-0.2, 0) is 16.1 Å². The highest BCUT2D eigenvalue weighted by molar-refractivity contribution is 5.94. The van der Waals surface area contributed by atoms with Crippen LogP contribution < -0.4 is 5.32 Å². The largest absolute Gasteiger partial charge is 0.481 e. The van der Waals surface area contributed by atoms with E-state index in [0.29, 0.717) is 6.54 Å². The number of aromatic nitrogens is 1. The third-order valence-corrected chi connectivity index (χ3v) is 6.03. The van der Waals surface area contributed by atoms with Crippen molar-refractivity contribution in [1.82, 2.24) is 15.0 Å². The molecule has 31 heavy (non-hydrogen) atoms. The molecule has 0 radical (unpaired) electrons. The maximum atomic E-state index is 12.6. The number of amides is 1. The van der Waals surface area contributed by atoms with Crippen LogP contribution in [0.4, 0.5) is 5.69 Å². The Labute approximate surface area is 183 Å². The van der Waals surface area contributed by atoms with E-state index in [1.165, 1.54) is 0 Å². The van der Waals surface area contributed by atoms with E-state index < -0.39 is 11.9 Å². The lowest BCUT2D eigenvalue weighted by molar-refractivity contribution is -0.144. The summed E-state index contributed by atoms with van der Waals surface area (Å²) in [5.41, 5.74) is 4.75. The molecule has 1 atom stereocenters. The number of hydrogen-bond donors (Lipinski definition) is 2. The number of carbonyl (C=O) groups is 2. The second kappa shape index (κ2) is 10.1. The minimum absolute atomic E-state index is 0.0393. The van der Waals surface area contributed by atoms with Gasteiger partial charge in [0.15, 0.2) is 0 Å². The molecule has 0 saturated carbocycles. The summed E-state index contributed by atoms with van der Waals surface area (Å²) < 4.78 is 5.24. The molecule has 1 aliphatic heterocycles. The predicted molar refractivity (Wildman–Crippen MR) is 118 cm³/mol. The van der Waals surface area contributed by atoms with E-state index in [1.54, 1.807) is 0 Å². The fourth-order valence-electron chi connectivity index (χ4n) is 4.05. The van der Waals surface area contributed by atoms with Crippen LogP contribution in [0.1, 0.15) is 34.6 Å². The molecule has 1 aromatic carbocycles. The highest BCUT2D eigenvalue weighted by atomic mass is 16.5. The van der Waals surface area contributed by atoms with E-state index in [1.807, 2.05) is 45.9 Å². The van der Waals surface area contributed by atoms with Crippen LogP contribution in [0.5, 0.6) is 0 Å². The van der Waals surface area contributed by atoms with Gasteiger partial charge in [-0.1, -0.05) is 23.4 Å². The van der Waals surface area contributed by atoms with Gasteiger partial charge in [0.1, 0.15) is 5.76 Å². The quantitative estimate of drug-likeness (QED) is 0.667. The third-order valence-electron chi connectivity index (χ3n) is 6.03. The fraction of sp³-hybridized carbons (Fsp3) is 0.522. The molecule has 0 aliphatic carbocycles. The average molecular weight is 429 g/mol. The molecular weight excluding hydrogens is 396 g/mol. The van der Waals surface area contributed by atoms with Gasteiger partial charge in [0.25, 0.3) is 0 Å². The first-order valence-corrected chi connectivity index (χ1v) is 10.7. The molecule has 2 aromatic rings. The Bertz CT molecular complexity index is 892. The zero-order valence-electron chi connectivity index (χ0n) is 18.8. The summed E-state index contributed by atoms with van der Waals surface area (Å²) in [6.45, 7) is 12.1. The number of carboxylic acids is 1. The first-order valence-electron chi connectivity index (χ1n) is 10.7. The van der Waals surface area contributed by atoms with Crippen molar-refractivity contribution in [3.05, 3.63) is 46.3 Å². The molecular formula is C23H32N4O4. The van der Waals surface area contributed by atoms with Gasteiger partial charge >= 0.3 is 5.97 Å². The molecule has 2 heterocycles. The zero-order chi connectivity index (χ0) is 22.5. The summed E-state index contributed by atoms with van der Waals surface area (Å²) in [5.74, 6) is -1.09. The van der Waals surface area contributed by atoms with E-state index in [0.717, 1.165) is 66.6 Å². The molecule has 1 saturated heterocycles. The van der Waals surface area contributed by atoms with Gasteiger partial charge < -0.3 is 14.9 Å². The highest BCUT2D eigenvalue weighted by Gasteiger charge is 2.27. The van der Waals surface area contributed by atoms with Gasteiger partial charge in [-0.2, -0.15) is 0 Å². The molecule has 1 fully saturated rings. The Morgan fingerprint density at radius 2 is 1.71 bits per heavy atom.